The highest BCUT2D eigenvalue weighted by molar-refractivity contribution is 9.10. The van der Waals surface area contributed by atoms with Crippen molar-refractivity contribution >= 4 is 38.9 Å². The summed E-state index contributed by atoms with van der Waals surface area (Å²) in [7, 11) is 1.81. The van der Waals surface area contributed by atoms with Crippen molar-refractivity contribution in [3.8, 4) is 0 Å². The number of hydrogen-bond donors (Lipinski definition) is 1. The number of nitrogens with zero attached hydrogens (tertiary/aromatic N) is 1. The number of likely N-dealkylation sites (N-methyl/N-ethyl adjacent to an activating group) is 1. The molecule has 1 aromatic heterocycles. The van der Waals surface area contributed by atoms with Gasteiger partial charge in [0.1, 0.15) is 0 Å². The average Bonchev–Trinajstić information content (AvgIpc) is 2.91. The smallest absolute Gasteiger partial charge is 0.253 e. The van der Waals surface area contributed by atoms with Crippen molar-refractivity contribution in [1.29, 1.82) is 0 Å². The lowest BCUT2D eigenvalue weighted by molar-refractivity contribution is 0.0797. The van der Waals surface area contributed by atoms with Crippen molar-refractivity contribution in [3.63, 3.8) is 0 Å². The minimum absolute atomic E-state index is 0.00393. The molecule has 2 N–H and O–H groups in total. The highest BCUT2D eigenvalue weighted by Crippen LogP contribution is 2.21. The quantitative estimate of drug-likeness (QED) is 0.868. The van der Waals surface area contributed by atoms with Gasteiger partial charge in [0.2, 0.25) is 0 Å². The number of carbonyl (C=O) groups excluding carboxylic acids is 1. The fraction of sp³-hybridized carbons (Fsp3) is 0.214. The first-order valence-corrected chi connectivity index (χ1v) is 7.58. The Bertz CT molecular complexity index is 569. The summed E-state index contributed by atoms with van der Waals surface area (Å²) in [6, 6.07) is 9.39. The van der Waals surface area contributed by atoms with Gasteiger partial charge in [0.25, 0.3) is 5.91 Å². The first-order chi connectivity index (χ1) is 9.08. The van der Waals surface area contributed by atoms with E-state index < -0.39 is 0 Å². The van der Waals surface area contributed by atoms with Crippen LogP contribution in [0.25, 0.3) is 0 Å². The standard InChI is InChI=1S/C14H15BrN2OS/c1-17(7-6-11-3-2-8-19-11)14(18)10-4-5-12(15)13(16)9-10/h2-5,8-9H,6-7,16H2,1H3. The minimum Gasteiger partial charge on any atom is -0.398 e. The Morgan fingerprint density at radius 3 is 2.84 bits per heavy atom. The third-order valence-corrected chi connectivity index (χ3v) is 4.52. The topological polar surface area (TPSA) is 46.3 Å². The largest absolute Gasteiger partial charge is 0.398 e. The van der Waals surface area contributed by atoms with Crippen LogP contribution in [0.5, 0.6) is 0 Å². The number of nitrogens with two attached hydrogens (primary N) is 1. The zero-order valence-electron chi connectivity index (χ0n) is 10.6. The van der Waals surface area contributed by atoms with Gasteiger partial charge in [-0.1, -0.05) is 6.07 Å². The van der Waals surface area contributed by atoms with Gasteiger partial charge in [0, 0.05) is 34.2 Å². The van der Waals surface area contributed by atoms with E-state index in [1.54, 1.807) is 34.4 Å². The molecule has 0 radical (unpaired) electrons. The summed E-state index contributed by atoms with van der Waals surface area (Å²) in [5.41, 5.74) is 6.99. The monoisotopic (exact) mass is 338 g/mol. The third kappa shape index (κ3) is 3.58. The summed E-state index contributed by atoms with van der Waals surface area (Å²) >= 11 is 5.04. The van der Waals surface area contributed by atoms with Crippen molar-refractivity contribution in [1.82, 2.24) is 4.90 Å². The summed E-state index contributed by atoms with van der Waals surface area (Å²) in [6.45, 7) is 0.704. The number of halogens is 1. The molecule has 2 aromatic rings. The summed E-state index contributed by atoms with van der Waals surface area (Å²) in [4.78, 5) is 15.2. The van der Waals surface area contributed by atoms with Crippen LogP contribution in [0, 0.1) is 0 Å². The van der Waals surface area contributed by atoms with Crippen LogP contribution in [0.3, 0.4) is 0 Å². The summed E-state index contributed by atoms with van der Waals surface area (Å²) in [5.74, 6) is -0.00393. The van der Waals surface area contributed by atoms with E-state index in [1.807, 2.05) is 18.5 Å². The molecule has 0 unspecified atom stereocenters. The number of hydrogen-bond acceptors (Lipinski definition) is 3. The fourth-order valence-electron chi connectivity index (χ4n) is 1.73. The van der Waals surface area contributed by atoms with Gasteiger partial charge in [-0.25, -0.2) is 0 Å². The van der Waals surface area contributed by atoms with Crippen molar-refractivity contribution in [3.05, 3.63) is 50.6 Å². The molecule has 0 saturated carbocycles. The Morgan fingerprint density at radius 2 is 2.21 bits per heavy atom. The van der Waals surface area contributed by atoms with Gasteiger partial charge in [-0.15, -0.1) is 11.3 Å². The second kappa shape index (κ2) is 6.21. The second-order valence-electron chi connectivity index (χ2n) is 4.29. The van der Waals surface area contributed by atoms with Crippen molar-refractivity contribution in [2.24, 2.45) is 0 Å². The molecule has 3 nitrogen and oxygen atoms in total. The maximum absolute atomic E-state index is 12.2. The van der Waals surface area contributed by atoms with Crippen LogP contribution in [0.2, 0.25) is 0 Å². The van der Waals surface area contributed by atoms with E-state index >= 15 is 0 Å². The molecule has 1 heterocycles. The highest BCUT2D eigenvalue weighted by Gasteiger charge is 2.12. The van der Waals surface area contributed by atoms with Gasteiger partial charge < -0.3 is 10.6 Å². The SMILES string of the molecule is CN(CCc1cccs1)C(=O)c1ccc(Br)c(N)c1. The van der Waals surface area contributed by atoms with Crippen LogP contribution in [-0.2, 0) is 6.42 Å². The first kappa shape index (κ1) is 14.1. The molecule has 0 spiro atoms. The fourth-order valence-corrected chi connectivity index (χ4v) is 2.68. The highest BCUT2D eigenvalue weighted by atomic mass is 79.9. The molecule has 0 aliphatic carbocycles. The Balaban J connectivity index is 2.00. The van der Waals surface area contributed by atoms with Crippen LogP contribution in [0.4, 0.5) is 5.69 Å². The predicted molar refractivity (Wildman–Crippen MR) is 83.5 cm³/mol. The van der Waals surface area contributed by atoms with Crippen molar-refractivity contribution < 1.29 is 4.79 Å². The van der Waals surface area contributed by atoms with E-state index in [1.165, 1.54) is 4.88 Å². The van der Waals surface area contributed by atoms with Crippen LogP contribution < -0.4 is 5.73 Å². The molecule has 0 bridgehead atoms. The molecule has 0 saturated heterocycles. The van der Waals surface area contributed by atoms with Gasteiger partial charge in [0.15, 0.2) is 0 Å². The van der Waals surface area contributed by atoms with E-state index in [0.717, 1.165) is 10.9 Å². The molecule has 0 atom stereocenters. The number of carbonyl (C=O) groups is 1. The molecule has 1 amide bonds. The molecule has 100 valence electrons. The van der Waals surface area contributed by atoms with Crippen molar-refractivity contribution in [2.75, 3.05) is 19.3 Å². The van der Waals surface area contributed by atoms with Gasteiger partial charge >= 0.3 is 0 Å². The predicted octanol–water partition coefficient (Wildman–Crippen LogP) is 3.41. The molecule has 19 heavy (non-hydrogen) atoms. The van der Waals surface area contributed by atoms with E-state index in [2.05, 4.69) is 22.0 Å². The molecule has 2 rings (SSSR count). The summed E-state index contributed by atoms with van der Waals surface area (Å²) < 4.78 is 0.810. The van der Waals surface area contributed by atoms with Crippen molar-refractivity contribution in [2.45, 2.75) is 6.42 Å². The van der Waals surface area contributed by atoms with Crippen LogP contribution in [0.1, 0.15) is 15.2 Å². The molecule has 0 fully saturated rings. The van der Waals surface area contributed by atoms with E-state index in [9.17, 15) is 4.79 Å². The number of nitrogen functional groups attached to an aromatic ring is 1. The molecule has 5 heteroatoms. The zero-order chi connectivity index (χ0) is 13.8. The average molecular weight is 339 g/mol. The number of anilines is 1. The van der Waals surface area contributed by atoms with Gasteiger partial charge in [-0.05, 0) is 52.0 Å². The lowest BCUT2D eigenvalue weighted by atomic mass is 10.2. The molecule has 0 aliphatic rings. The Hall–Kier alpha value is -1.33. The Labute approximate surface area is 125 Å². The van der Waals surface area contributed by atoms with Crippen LogP contribution in [-0.4, -0.2) is 24.4 Å². The number of benzene rings is 1. The zero-order valence-corrected chi connectivity index (χ0v) is 13.0. The summed E-state index contributed by atoms with van der Waals surface area (Å²) in [6.07, 6.45) is 0.881. The lowest BCUT2D eigenvalue weighted by Crippen LogP contribution is -2.28. The Kier molecular flexibility index (Phi) is 4.61. The molecular weight excluding hydrogens is 324 g/mol. The van der Waals surface area contributed by atoms with Crippen LogP contribution in [0.15, 0.2) is 40.2 Å². The third-order valence-electron chi connectivity index (χ3n) is 2.86. The van der Waals surface area contributed by atoms with Gasteiger partial charge in [-0.3, -0.25) is 4.79 Å². The molecule has 1 aromatic carbocycles. The van der Waals surface area contributed by atoms with Crippen LogP contribution >= 0.6 is 27.3 Å². The number of amides is 1. The van der Waals surface area contributed by atoms with E-state index in [-0.39, 0.29) is 5.91 Å². The first-order valence-electron chi connectivity index (χ1n) is 5.91. The second-order valence-corrected chi connectivity index (χ2v) is 6.18. The number of rotatable bonds is 4. The number of thiophene rings is 1. The summed E-state index contributed by atoms with van der Waals surface area (Å²) in [5, 5.41) is 2.05. The molecular formula is C14H15BrN2OS. The van der Waals surface area contributed by atoms with Gasteiger partial charge in [0.05, 0.1) is 0 Å². The minimum atomic E-state index is -0.00393. The lowest BCUT2D eigenvalue weighted by Gasteiger charge is -2.17. The van der Waals surface area contributed by atoms with E-state index in [0.29, 0.717) is 17.8 Å². The normalized spacial score (nSPS) is 10.4. The maximum atomic E-state index is 12.2. The van der Waals surface area contributed by atoms with E-state index in [4.69, 9.17) is 5.73 Å². The van der Waals surface area contributed by atoms with Gasteiger partial charge in [-0.2, -0.15) is 0 Å². The Morgan fingerprint density at radius 1 is 1.42 bits per heavy atom. The molecule has 0 aliphatic heterocycles. The maximum Gasteiger partial charge on any atom is 0.253 e.